The maximum atomic E-state index is 12.5. The Morgan fingerprint density at radius 1 is 1.10 bits per heavy atom. The molecule has 1 aromatic carbocycles. The first-order valence-electron chi connectivity index (χ1n) is 8.16. The molecule has 2 nitrogen and oxygen atoms in total. The molecule has 0 aliphatic heterocycles. The Labute approximate surface area is 129 Å². The van der Waals surface area contributed by atoms with Crippen molar-refractivity contribution >= 4 is 11.6 Å². The van der Waals surface area contributed by atoms with Gasteiger partial charge in [0.1, 0.15) is 0 Å². The highest BCUT2D eigenvalue weighted by molar-refractivity contribution is 5.93. The molecule has 2 rings (SSSR count). The number of benzene rings is 1. The lowest BCUT2D eigenvalue weighted by molar-refractivity contribution is -0.121. The zero-order valence-electron chi connectivity index (χ0n) is 14.1. The zero-order chi connectivity index (χ0) is 15.6. The number of anilines is 1. The van der Waals surface area contributed by atoms with Gasteiger partial charge in [-0.3, -0.25) is 4.79 Å². The van der Waals surface area contributed by atoms with E-state index in [1.165, 1.54) is 24.0 Å². The summed E-state index contributed by atoms with van der Waals surface area (Å²) in [5.74, 6) is 1.14. The Bertz CT molecular complexity index is 505. The monoisotopic (exact) mass is 287 g/mol. The van der Waals surface area contributed by atoms with Crippen LogP contribution in [0.4, 0.5) is 5.69 Å². The lowest BCUT2D eigenvalue weighted by Crippen LogP contribution is -2.31. The van der Waals surface area contributed by atoms with Crippen LogP contribution < -0.4 is 5.32 Å². The van der Waals surface area contributed by atoms with Gasteiger partial charge in [0.25, 0.3) is 0 Å². The molecule has 2 heteroatoms. The van der Waals surface area contributed by atoms with E-state index in [1.807, 2.05) is 12.1 Å². The number of amides is 1. The van der Waals surface area contributed by atoms with E-state index in [0.717, 1.165) is 24.4 Å². The molecule has 1 N–H and O–H groups in total. The number of hydrogen-bond acceptors (Lipinski definition) is 1. The molecule has 21 heavy (non-hydrogen) atoms. The highest BCUT2D eigenvalue weighted by Crippen LogP contribution is 2.40. The van der Waals surface area contributed by atoms with Crippen LogP contribution in [0.5, 0.6) is 0 Å². The maximum Gasteiger partial charge on any atom is 0.227 e. The SMILES string of the molecule is Cc1cccc(NC(=O)C2CCC(C(C)(C)C)CC2)c1C. The number of nitrogens with one attached hydrogen (secondary N) is 1. The third-order valence-electron chi connectivity index (χ3n) is 5.19. The van der Waals surface area contributed by atoms with E-state index < -0.39 is 0 Å². The molecule has 0 saturated heterocycles. The van der Waals surface area contributed by atoms with Crippen molar-refractivity contribution in [2.24, 2.45) is 17.3 Å². The average Bonchev–Trinajstić information content (AvgIpc) is 2.43. The van der Waals surface area contributed by atoms with Crippen LogP contribution in [0.2, 0.25) is 0 Å². The Balaban J connectivity index is 1.95. The summed E-state index contributed by atoms with van der Waals surface area (Å²) in [4.78, 5) is 12.5. The van der Waals surface area contributed by atoms with Crippen LogP contribution in [0.25, 0.3) is 0 Å². The normalized spacial score (nSPS) is 22.9. The number of carbonyl (C=O) groups excluding carboxylic acids is 1. The average molecular weight is 287 g/mol. The smallest absolute Gasteiger partial charge is 0.227 e. The highest BCUT2D eigenvalue weighted by atomic mass is 16.1. The van der Waals surface area contributed by atoms with Crippen LogP contribution in [0.3, 0.4) is 0 Å². The maximum absolute atomic E-state index is 12.5. The first-order chi connectivity index (χ1) is 9.79. The molecule has 1 saturated carbocycles. The molecule has 1 amide bonds. The second kappa shape index (κ2) is 6.21. The molecule has 1 aliphatic rings. The van der Waals surface area contributed by atoms with Crippen LogP contribution in [0.1, 0.15) is 57.6 Å². The van der Waals surface area contributed by atoms with E-state index in [0.29, 0.717) is 5.41 Å². The quantitative estimate of drug-likeness (QED) is 0.806. The lowest BCUT2D eigenvalue weighted by atomic mass is 9.69. The van der Waals surface area contributed by atoms with Crippen molar-refractivity contribution in [2.45, 2.75) is 60.3 Å². The number of rotatable bonds is 2. The van der Waals surface area contributed by atoms with E-state index in [-0.39, 0.29) is 11.8 Å². The molecule has 1 aromatic rings. The van der Waals surface area contributed by atoms with Crippen LogP contribution >= 0.6 is 0 Å². The van der Waals surface area contributed by atoms with Crippen molar-refractivity contribution in [3.63, 3.8) is 0 Å². The lowest BCUT2D eigenvalue weighted by Gasteiger charge is -2.36. The number of aryl methyl sites for hydroxylation is 1. The minimum absolute atomic E-state index is 0.184. The van der Waals surface area contributed by atoms with Gasteiger partial charge in [0, 0.05) is 11.6 Å². The van der Waals surface area contributed by atoms with E-state index in [1.54, 1.807) is 0 Å². The summed E-state index contributed by atoms with van der Waals surface area (Å²) in [6, 6.07) is 6.09. The molecule has 1 fully saturated rings. The van der Waals surface area contributed by atoms with Gasteiger partial charge in [-0.25, -0.2) is 0 Å². The standard InChI is InChI=1S/C19H29NO/c1-13-7-6-8-17(14(13)2)20-18(21)15-9-11-16(12-10-15)19(3,4)5/h6-8,15-16H,9-12H2,1-5H3,(H,20,21). The zero-order valence-corrected chi connectivity index (χ0v) is 14.1. The van der Waals surface area contributed by atoms with Crippen LogP contribution in [-0.4, -0.2) is 5.91 Å². The molecule has 0 aromatic heterocycles. The van der Waals surface area contributed by atoms with Gasteiger partial charge in [-0.15, -0.1) is 0 Å². The van der Waals surface area contributed by atoms with Gasteiger partial charge < -0.3 is 5.32 Å². The van der Waals surface area contributed by atoms with Gasteiger partial charge in [-0.1, -0.05) is 32.9 Å². The van der Waals surface area contributed by atoms with Gasteiger partial charge in [-0.05, 0) is 68.1 Å². The minimum Gasteiger partial charge on any atom is -0.326 e. The Morgan fingerprint density at radius 2 is 1.71 bits per heavy atom. The highest BCUT2D eigenvalue weighted by Gasteiger charge is 2.32. The molecule has 0 spiro atoms. The fraction of sp³-hybridized carbons (Fsp3) is 0.632. The molecule has 0 atom stereocenters. The molecule has 0 radical (unpaired) electrons. The summed E-state index contributed by atoms with van der Waals surface area (Å²) in [6.45, 7) is 11.1. The summed E-state index contributed by atoms with van der Waals surface area (Å²) in [5.41, 5.74) is 3.74. The molecule has 0 heterocycles. The third-order valence-corrected chi connectivity index (χ3v) is 5.19. The molecular weight excluding hydrogens is 258 g/mol. The first kappa shape index (κ1) is 16.1. The van der Waals surface area contributed by atoms with Crippen LogP contribution in [-0.2, 0) is 4.79 Å². The molecule has 1 aliphatic carbocycles. The Kier molecular flexibility index (Phi) is 4.75. The van der Waals surface area contributed by atoms with Gasteiger partial charge in [0.2, 0.25) is 5.91 Å². The summed E-state index contributed by atoms with van der Waals surface area (Å²) >= 11 is 0. The fourth-order valence-corrected chi connectivity index (χ4v) is 3.34. The van der Waals surface area contributed by atoms with Crippen LogP contribution in [0.15, 0.2) is 18.2 Å². The first-order valence-corrected chi connectivity index (χ1v) is 8.16. The molecule has 0 bridgehead atoms. The molecule has 116 valence electrons. The number of carbonyl (C=O) groups is 1. The fourth-order valence-electron chi connectivity index (χ4n) is 3.34. The van der Waals surface area contributed by atoms with Crippen molar-refractivity contribution in [1.29, 1.82) is 0 Å². The van der Waals surface area contributed by atoms with Gasteiger partial charge in [0.15, 0.2) is 0 Å². The van der Waals surface area contributed by atoms with Crippen LogP contribution in [0, 0.1) is 31.1 Å². The van der Waals surface area contributed by atoms with Crippen molar-refractivity contribution < 1.29 is 4.79 Å². The van der Waals surface area contributed by atoms with Gasteiger partial charge in [-0.2, -0.15) is 0 Å². The molecular formula is C19H29NO. The number of hydrogen-bond donors (Lipinski definition) is 1. The summed E-state index contributed by atoms with van der Waals surface area (Å²) in [5, 5.41) is 3.14. The van der Waals surface area contributed by atoms with Gasteiger partial charge in [0.05, 0.1) is 0 Å². The Hall–Kier alpha value is -1.31. The third kappa shape index (κ3) is 3.87. The second-order valence-corrected chi connectivity index (χ2v) is 7.65. The van der Waals surface area contributed by atoms with E-state index in [4.69, 9.17) is 0 Å². The van der Waals surface area contributed by atoms with Crippen molar-refractivity contribution in [2.75, 3.05) is 5.32 Å². The summed E-state index contributed by atoms with van der Waals surface area (Å²) in [6.07, 6.45) is 4.40. The predicted molar refractivity (Wildman–Crippen MR) is 89.4 cm³/mol. The Morgan fingerprint density at radius 3 is 2.29 bits per heavy atom. The van der Waals surface area contributed by atoms with Crippen molar-refractivity contribution in [1.82, 2.24) is 0 Å². The summed E-state index contributed by atoms with van der Waals surface area (Å²) in [7, 11) is 0. The predicted octanol–water partition coefficient (Wildman–Crippen LogP) is 5.09. The minimum atomic E-state index is 0.184. The van der Waals surface area contributed by atoms with E-state index >= 15 is 0 Å². The van der Waals surface area contributed by atoms with Gasteiger partial charge >= 0.3 is 0 Å². The molecule has 0 unspecified atom stereocenters. The topological polar surface area (TPSA) is 29.1 Å². The second-order valence-electron chi connectivity index (χ2n) is 7.65. The largest absolute Gasteiger partial charge is 0.326 e. The van der Waals surface area contributed by atoms with E-state index in [9.17, 15) is 4.79 Å². The summed E-state index contributed by atoms with van der Waals surface area (Å²) < 4.78 is 0. The van der Waals surface area contributed by atoms with Crippen molar-refractivity contribution in [3.8, 4) is 0 Å². The van der Waals surface area contributed by atoms with E-state index in [2.05, 4.69) is 46.0 Å². The van der Waals surface area contributed by atoms with Crippen molar-refractivity contribution in [3.05, 3.63) is 29.3 Å².